The van der Waals surface area contributed by atoms with Crippen molar-refractivity contribution in [3.8, 4) is 0 Å². The summed E-state index contributed by atoms with van der Waals surface area (Å²) in [6, 6.07) is 3.64. The van der Waals surface area contributed by atoms with E-state index in [1.165, 1.54) is 6.42 Å². The summed E-state index contributed by atoms with van der Waals surface area (Å²) in [7, 11) is -3.48. The minimum absolute atomic E-state index is 0.0848. The van der Waals surface area contributed by atoms with Gasteiger partial charge in [-0.15, -0.1) is 0 Å². The monoisotopic (exact) mass is 328 g/mol. The third-order valence-electron chi connectivity index (χ3n) is 4.49. The summed E-state index contributed by atoms with van der Waals surface area (Å²) in [4.78, 5) is 0.360. The predicted molar refractivity (Wildman–Crippen MR) is 89.1 cm³/mol. The predicted octanol–water partition coefficient (Wildman–Crippen LogP) is 2.33. The molecule has 0 bridgehead atoms. The molecule has 0 unspecified atom stereocenters. The van der Waals surface area contributed by atoms with Crippen LogP contribution in [0.25, 0.3) is 0 Å². The second-order valence-electron chi connectivity index (χ2n) is 5.81. The molecule has 118 valence electrons. The molecule has 1 aromatic rings. The summed E-state index contributed by atoms with van der Waals surface area (Å²) in [6.07, 6.45) is 5.40. The van der Waals surface area contributed by atoms with E-state index in [1.54, 1.807) is 17.8 Å². The molecule has 3 N–H and O–H groups in total. The Morgan fingerprint density at radius 3 is 2.48 bits per heavy atom. The van der Waals surface area contributed by atoms with Crippen LogP contribution >= 0.6 is 11.8 Å². The molecule has 0 saturated heterocycles. The molecule has 1 aliphatic carbocycles. The largest absolute Gasteiger partial charge is 0.326 e. The minimum atomic E-state index is -3.48. The van der Waals surface area contributed by atoms with Crippen LogP contribution in [0.3, 0.4) is 0 Å². The third kappa shape index (κ3) is 3.44. The molecule has 0 atom stereocenters. The van der Waals surface area contributed by atoms with E-state index in [9.17, 15) is 8.42 Å². The van der Waals surface area contributed by atoms with Crippen LogP contribution < -0.4 is 10.5 Å². The van der Waals surface area contributed by atoms with Gasteiger partial charge in [-0.1, -0.05) is 12.5 Å². The fraction of sp³-hybridized carbons (Fsp3) is 0.600. The van der Waals surface area contributed by atoms with Gasteiger partial charge in [-0.25, -0.2) is 13.1 Å². The number of sulfonamides is 1. The number of aryl methyl sites for hydroxylation is 1. The van der Waals surface area contributed by atoms with E-state index >= 15 is 0 Å². The fourth-order valence-corrected chi connectivity index (χ4v) is 5.12. The molecule has 1 aliphatic rings. The summed E-state index contributed by atoms with van der Waals surface area (Å²) < 4.78 is 28.1. The van der Waals surface area contributed by atoms with Crippen molar-refractivity contribution in [2.24, 2.45) is 5.73 Å². The molecule has 0 radical (unpaired) electrons. The Balaban J connectivity index is 2.25. The Hall–Kier alpha value is -0.560. The van der Waals surface area contributed by atoms with Crippen LogP contribution in [0.5, 0.6) is 0 Å². The molecular weight excluding hydrogens is 304 g/mol. The molecule has 0 spiro atoms. The van der Waals surface area contributed by atoms with Crippen molar-refractivity contribution in [1.82, 2.24) is 4.72 Å². The Kier molecular flexibility index (Phi) is 5.03. The molecular formula is C15H24N2O2S2. The number of hydrogen-bond acceptors (Lipinski definition) is 4. The summed E-state index contributed by atoms with van der Waals surface area (Å²) in [5.74, 6) is 0. The highest BCUT2D eigenvalue weighted by molar-refractivity contribution is 8.00. The first-order valence-electron chi connectivity index (χ1n) is 7.18. The average molecular weight is 329 g/mol. The molecule has 21 heavy (non-hydrogen) atoms. The molecule has 6 heteroatoms. The smallest absolute Gasteiger partial charge is 0.240 e. The summed E-state index contributed by atoms with van der Waals surface area (Å²) >= 11 is 1.76. The molecule has 4 nitrogen and oxygen atoms in total. The molecule has 0 aliphatic heterocycles. The van der Waals surface area contributed by atoms with Crippen molar-refractivity contribution in [1.29, 1.82) is 0 Å². The fourth-order valence-electron chi connectivity index (χ4n) is 2.62. The van der Waals surface area contributed by atoms with E-state index in [4.69, 9.17) is 5.73 Å². The van der Waals surface area contributed by atoms with Crippen molar-refractivity contribution in [2.75, 3.05) is 12.8 Å². The summed E-state index contributed by atoms with van der Waals surface area (Å²) in [5, 5.41) is 0. The number of nitrogens with two attached hydrogens (primary N) is 1. The van der Waals surface area contributed by atoms with E-state index in [0.717, 1.165) is 29.5 Å². The first kappa shape index (κ1) is 16.8. The zero-order chi connectivity index (χ0) is 15.7. The van der Waals surface area contributed by atoms with E-state index < -0.39 is 10.0 Å². The van der Waals surface area contributed by atoms with E-state index in [1.807, 2.05) is 19.9 Å². The highest BCUT2D eigenvalue weighted by Gasteiger charge is 2.37. The van der Waals surface area contributed by atoms with Gasteiger partial charge in [0.25, 0.3) is 0 Å². The van der Waals surface area contributed by atoms with Crippen LogP contribution in [0, 0.1) is 13.8 Å². The lowest BCUT2D eigenvalue weighted by molar-refractivity contribution is 0.362. The van der Waals surface area contributed by atoms with Crippen LogP contribution in [0.15, 0.2) is 17.0 Å². The van der Waals surface area contributed by atoms with Gasteiger partial charge in [0.1, 0.15) is 0 Å². The highest BCUT2D eigenvalue weighted by atomic mass is 32.2. The van der Waals surface area contributed by atoms with E-state index in [-0.39, 0.29) is 4.75 Å². The second kappa shape index (κ2) is 6.28. The molecule has 2 rings (SSSR count). The Morgan fingerprint density at radius 2 is 2.00 bits per heavy atom. The molecule has 1 aromatic carbocycles. The lowest BCUT2D eigenvalue weighted by Gasteiger charge is -2.40. The average Bonchev–Trinajstić information content (AvgIpc) is 2.40. The van der Waals surface area contributed by atoms with Gasteiger partial charge in [0.2, 0.25) is 10.0 Å². The maximum absolute atomic E-state index is 12.6. The topological polar surface area (TPSA) is 72.2 Å². The maximum atomic E-state index is 12.6. The Labute approximate surface area is 131 Å². The van der Waals surface area contributed by atoms with Crippen LogP contribution in [0.1, 0.15) is 36.0 Å². The molecule has 0 heterocycles. The van der Waals surface area contributed by atoms with E-state index in [2.05, 4.69) is 11.0 Å². The number of rotatable bonds is 6. The number of hydrogen-bond donors (Lipinski definition) is 2. The number of thioether (sulfide) groups is 1. The summed E-state index contributed by atoms with van der Waals surface area (Å²) in [5.41, 5.74) is 8.26. The second-order valence-corrected chi connectivity index (χ2v) is 8.81. The third-order valence-corrected chi connectivity index (χ3v) is 7.43. The SMILES string of the molecule is CSC1(CNS(=O)(=O)c2cc(CN)cc(C)c2C)CCC1. The van der Waals surface area contributed by atoms with Crippen molar-refractivity contribution in [2.45, 2.75) is 49.3 Å². The van der Waals surface area contributed by atoms with Crippen LogP contribution in [-0.4, -0.2) is 26.0 Å². The van der Waals surface area contributed by atoms with Gasteiger partial charge in [0.05, 0.1) is 4.90 Å². The maximum Gasteiger partial charge on any atom is 0.240 e. The van der Waals surface area contributed by atoms with Gasteiger partial charge in [-0.2, -0.15) is 11.8 Å². The molecule has 0 amide bonds. The standard InChI is InChI=1S/C15H24N2O2S2/c1-11-7-13(9-16)8-14(12(11)2)21(18,19)17-10-15(20-3)5-4-6-15/h7-8,17H,4-6,9-10,16H2,1-3H3. The number of nitrogens with one attached hydrogen (secondary N) is 1. The van der Waals surface area contributed by atoms with Crippen LogP contribution in [0.2, 0.25) is 0 Å². The lowest BCUT2D eigenvalue weighted by Crippen LogP contribution is -2.45. The summed E-state index contributed by atoms with van der Waals surface area (Å²) in [6.45, 7) is 4.61. The minimum Gasteiger partial charge on any atom is -0.326 e. The highest BCUT2D eigenvalue weighted by Crippen LogP contribution is 2.42. The number of benzene rings is 1. The van der Waals surface area contributed by atoms with Crippen molar-refractivity contribution >= 4 is 21.8 Å². The first-order chi connectivity index (χ1) is 9.83. The zero-order valence-corrected chi connectivity index (χ0v) is 14.5. The normalized spacial score (nSPS) is 17.5. The molecule has 1 saturated carbocycles. The molecule has 0 aromatic heterocycles. The van der Waals surface area contributed by atoms with Gasteiger partial charge in [-0.05, 0) is 55.7 Å². The van der Waals surface area contributed by atoms with Crippen molar-refractivity contribution in [3.05, 3.63) is 28.8 Å². The van der Waals surface area contributed by atoms with E-state index in [0.29, 0.717) is 18.0 Å². The van der Waals surface area contributed by atoms with Gasteiger partial charge in [0, 0.05) is 17.8 Å². The Bertz CT molecular complexity index is 617. The van der Waals surface area contributed by atoms with Crippen molar-refractivity contribution in [3.63, 3.8) is 0 Å². The van der Waals surface area contributed by atoms with Gasteiger partial charge in [-0.3, -0.25) is 0 Å². The van der Waals surface area contributed by atoms with Crippen molar-refractivity contribution < 1.29 is 8.42 Å². The first-order valence-corrected chi connectivity index (χ1v) is 9.89. The van der Waals surface area contributed by atoms with Gasteiger partial charge in [0.15, 0.2) is 0 Å². The Morgan fingerprint density at radius 1 is 1.33 bits per heavy atom. The molecule has 1 fully saturated rings. The van der Waals surface area contributed by atoms with Crippen LogP contribution in [0.4, 0.5) is 0 Å². The van der Waals surface area contributed by atoms with Gasteiger partial charge < -0.3 is 5.73 Å². The quantitative estimate of drug-likeness (QED) is 0.840. The van der Waals surface area contributed by atoms with Crippen LogP contribution in [-0.2, 0) is 16.6 Å². The lowest BCUT2D eigenvalue weighted by atomic mass is 9.84. The van der Waals surface area contributed by atoms with Gasteiger partial charge >= 0.3 is 0 Å². The zero-order valence-electron chi connectivity index (χ0n) is 12.9.